The van der Waals surface area contributed by atoms with Crippen molar-refractivity contribution in [3.63, 3.8) is 0 Å². The Kier molecular flexibility index (Phi) is 9.25. The highest BCUT2D eigenvalue weighted by Gasteiger charge is 2.30. The molecule has 2 aliphatic rings. The summed E-state index contributed by atoms with van der Waals surface area (Å²) >= 11 is 3.02. The number of aromatic nitrogens is 1. The number of benzene rings is 3. The van der Waals surface area contributed by atoms with E-state index >= 15 is 0 Å². The van der Waals surface area contributed by atoms with Crippen LogP contribution >= 0.6 is 23.1 Å². The lowest BCUT2D eigenvalue weighted by atomic mass is 10.1. The minimum absolute atomic E-state index is 0.133. The van der Waals surface area contributed by atoms with Crippen molar-refractivity contribution in [2.75, 3.05) is 32.1 Å². The predicted molar refractivity (Wildman–Crippen MR) is 170 cm³/mol. The second-order valence-corrected chi connectivity index (χ2v) is 12.7. The normalized spacial score (nSPS) is 15.9. The van der Waals surface area contributed by atoms with Crippen molar-refractivity contribution in [2.45, 2.75) is 41.6 Å². The number of thiazole rings is 1. The SMILES string of the molecule is COC(=O)[C@@H]1CCCN1CCCOc1ccc(-c2ncc(CNC(=O)c3ccc4c(c3)NC(=O)c3ccccc3S4)s2)cc1. The maximum absolute atomic E-state index is 13.0. The number of hydrogen-bond acceptors (Lipinski definition) is 9. The number of hydrogen-bond donors (Lipinski definition) is 2. The van der Waals surface area contributed by atoms with Gasteiger partial charge in [-0.1, -0.05) is 23.9 Å². The van der Waals surface area contributed by atoms with Gasteiger partial charge in [-0.05, 0) is 80.4 Å². The Balaban J connectivity index is 0.987. The minimum Gasteiger partial charge on any atom is -0.494 e. The zero-order chi connectivity index (χ0) is 30.5. The first-order chi connectivity index (χ1) is 21.5. The molecular weight excluding hydrogens is 597 g/mol. The van der Waals surface area contributed by atoms with Crippen LogP contribution in [-0.2, 0) is 16.1 Å². The van der Waals surface area contributed by atoms with Gasteiger partial charge in [0.15, 0.2) is 0 Å². The van der Waals surface area contributed by atoms with Crippen LogP contribution in [0.1, 0.15) is 44.9 Å². The van der Waals surface area contributed by atoms with Crippen LogP contribution < -0.4 is 15.4 Å². The van der Waals surface area contributed by atoms with Gasteiger partial charge >= 0.3 is 5.97 Å². The fraction of sp³-hybridized carbons (Fsp3) is 0.273. The van der Waals surface area contributed by atoms with Crippen molar-refractivity contribution >= 4 is 46.6 Å². The number of fused-ring (bicyclic) bond motifs is 2. The number of esters is 1. The molecule has 0 aliphatic carbocycles. The van der Waals surface area contributed by atoms with Gasteiger partial charge in [-0.25, -0.2) is 4.98 Å². The molecule has 3 aromatic carbocycles. The fourth-order valence-corrected chi connectivity index (χ4v) is 7.22. The second kappa shape index (κ2) is 13.6. The molecule has 0 spiro atoms. The first-order valence-corrected chi connectivity index (χ1v) is 16.1. The van der Waals surface area contributed by atoms with Crippen LogP contribution in [0.5, 0.6) is 5.75 Å². The van der Waals surface area contributed by atoms with Crippen LogP contribution in [0.2, 0.25) is 0 Å². The van der Waals surface area contributed by atoms with Gasteiger partial charge in [-0.3, -0.25) is 19.3 Å². The topological polar surface area (TPSA) is 110 Å². The predicted octanol–water partition coefficient (Wildman–Crippen LogP) is 5.86. The van der Waals surface area contributed by atoms with Gasteiger partial charge in [0.2, 0.25) is 0 Å². The summed E-state index contributed by atoms with van der Waals surface area (Å²) in [4.78, 5) is 47.0. The van der Waals surface area contributed by atoms with Gasteiger partial charge in [-0.2, -0.15) is 0 Å². The quantitative estimate of drug-likeness (QED) is 0.166. The molecule has 0 saturated carbocycles. The fourth-order valence-electron chi connectivity index (χ4n) is 5.35. The van der Waals surface area contributed by atoms with Gasteiger partial charge in [-0.15, -0.1) is 11.3 Å². The Morgan fingerprint density at radius 3 is 2.77 bits per heavy atom. The van der Waals surface area contributed by atoms with Crippen molar-refractivity contribution in [3.8, 4) is 16.3 Å². The van der Waals surface area contributed by atoms with Gasteiger partial charge in [0.1, 0.15) is 16.8 Å². The lowest BCUT2D eigenvalue weighted by Crippen LogP contribution is -2.37. The molecule has 0 unspecified atom stereocenters. The molecule has 1 saturated heterocycles. The zero-order valence-corrected chi connectivity index (χ0v) is 25.8. The first kappa shape index (κ1) is 29.9. The molecule has 1 fully saturated rings. The summed E-state index contributed by atoms with van der Waals surface area (Å²) in [5.74, 6) is 0.214. The first-order valence-electron chi connectivity index (χ1n) is 14.5. The molecule has 4 aromatic rings. The van der Waals surface area contributed by atoms with Crippen LogP contribution in [0, 0.1) is 0 Å². The number of likely N-dealkylation sites (tertiary alicyclic amines) is 1. The third kappa shape index (κ3) is 6.80. The molecule has 0 bridgehead atoms. The number of nitrogens with one attached hydrogen (secondary N) is 2. The lowest BCUT2D eigenvalue weighted by molar-refractivity contribution is -0.145. The third-order valence-corrected chi connectivity index (χ3v) is 9.81. The number of rotatable bonds is 10. The summed E-state index contributed by atoms with van der Waals surface area (Å²) in [6, 6.07) is 20.5. The summed E-state index contributed by atoms with van der Waals surface area (Å²) in [6.45, 7) is 2.62. The minimum atomic E-state index is -0.226. The summed E-state index contributed by atoms with van der Waals surface area (Å²) in [5, 5.41) is 6.75. The van der Waals surface area contributed by atoms with Crippen LogP contribution in [0.3, 0.4) is 0 Å². The molecule has 3 heterocycles. The van der Waals surface area contributed by atoms with Crippen LogP contribution in [0.4, 0.5) is 5.69 Å². The second-order valence-electron chi connectivity index (χ2n) is 10.5. The molecule has 2 aliphatic heterocycles. The average molecular weight is 629 g/mol. The van der Waals surface area contributed by atoms with E-state index in [9.17, 15) is 14.4 Å². The molecule has 2 amide bonds. The molecule has 226 valence electrons. The molecule has 9 nitrogen and oxygen atoms in total. The van der Waals surface area contributed by atoms with E-state index in [-0.39, 0.29) is 23.8 Å². The van der Waals surface area contributed by atoms with Crippen LogP contribution in [-0.4, -0.2) is 60.5 Å². The third-order valence-electron chi connectivity index (χ3n) is 7.61. The Labute approximate surface area is 264 Å². The van der Waals surface area contributed by atoms with Gasteiger partial charge in [0.25, 0.3) is 11.8 Å². The molecule has 0 radical (unpaired) electrons. The summed E-state index contributed by atoms with van der Waals surface area (Å²) in [6.07, 6.45) is 4.46. The number of carbonyl (C=O) groups excluding carboxylic acids is 3. The monoisotopic (exact) mass is 628 g/mol. The highest BCUT2D eigenvalue weighted by atomic mass is 32.2. The Bertz CT molecular complexity index is 1670. The zero-order valence-electron chi connectivity index (χ0n) is 24.2. The van der Waals surface area contributed by atoms with Crippen molar-refractivity contribution in [2.24, 2.45) is 0 Å². The van der Waals surface area contributed by atoms with Gasteiger partial charge in [0.05, 0.1) is 31.5 Å². The molecule has 2 N–H and O–H groups in total. The molecule has 44 heavy (non-hydrogen) atoms. The maximum Gasteiger partial charge on any atom is 0.323 e. The molecule has 11 heteroatoms. The van der Waals surface area contributed by atoms with Crippen molar-refractivity contribution in [1.29, 1.82) is 0 Å². The molecular formula is C33H32N4O5S2. The largest absolute Gasteiger partial charge is 0.494 e. The van der Waals surface area contributed by atoms with Crippen LogP contribution in [0.15, 0.2) is 82.7 Å². The van der Waals surface area contributed by atoms with E-state index < -0.39 is 0 Å². The van der Waals surface area contributed by atoms with E-state index in [0.717, 1.165) is 63.3 Å². The number of methoxy groups -OCH3 is 1. The maximum atomic E-state index is 13.0. The molecule has 6 rings (SSSR count). The van der Waals surface area contributed by atoms with E-state index in [0.29, 0.717) is 30.0 Å². The molecule has 1 aromatic heterocycles. The van der Waals surface area contributed by atoms with Gasteiger partial charge in [0, 0.05) is 38.5 Å². The average Bonchev–Trinajstić information content (AvgIpc) is 3.70. The van der Waals surface area contributed by atoms with Crippen molar-refractivity contribution in [3.05, 3.63) is 88.9 Å². The smallest absolute Gasteiger partial charge is 0.323 e. The number of amides is 2. The number of anilines is 1. The van der Waals surface area contributed by atoms with Gasteiger partial charge < -0.3 is 20.1 Å². The van der Waals surface area contributed by atoms with Crippen molar-refractivity contribution in [1.82, 2.24) is 15.2 Å². The van der Waals surface area contributed by atoms with Crippen molar-refractivity contribution < 1.29 is 23.9 Å². The van der Waals surface area contributed by atoms with E-state index in [1.54, 1.807) is 24.4 Å². The lowest BCUT2D eigenvalue weighted by Gasteiger charge is -2.22. The van der Waals surface area contributed by atoms with E-state index in [2.05, 4.69) is 20.5 Å². The summed E-state index contributed by atoms with van der Waals surface area (Å²) in [5.41, 5.74) is 2.68. The number of ether oxygens (including phenoxy) is 2. The van der Waals surface area contributed by atoms with Crippen LogP contribution in [0.25, 0.3) is 10.6 Å². The summed E-state index contributed by atoms with van der Waals surface area (Å²) < 4.78 is 10.8. The highest BCUT2D eigenvalue weighted by Crippen LogP contribution is 2.39. The number of nitrogens with zero attached hydrogens (tertiary/aromatic N) is 2. The Morgan fingerprint density at radius 1 is 1.09 bits per heavy atom. The van der Waals surface area contributed by atoms with E-state index in [1.165, 1.54) is 30.2 Å². The Hall–Kier alpha value is -4.19. The summed E-state index contributed by atoms with van der Waals surface area (Å²) in [7, 11) is 1.44. The molecule has 1 atom stereocenters. The number of carbonyl (C=O) groups is 3. The van der Waals surface area contributed by atoms with E-state index in [1.807, 2.05) is 48.5 Å². The highest BCUT2D eigenvalue weighted by molar-refractivity contribution is 7.99. The van der Waals surface area contributed by atoms with E-state index in [4.69, 9.17) is 9.47 Å². The Morgan fingerprint density at radius 2 is 1.93 bits per heavy atom. The standard InChI is InChI=1S/C33H32N4O5S2/c1-41-33(40)27-7-4-15-37(27)16-5-17-42-23-12-9-21(10-13-23)32-35-20-24(43-32)19-34-30(38)22-11-14-29-26(18-22)36-31(39)25-6-2-3-8-28(25)44-29/h2-3,6,8-14,18,20,27H,4-5,7,15-17,19H2,1H3,(H,34,38)(H,36,39)/t27-/m0/s1.